The van der Waals surface area contributed by atoms with E-state index in [0.29, 0.717) is 11.3 Å². The van der Waals surface area contributed by atoms with Crippen molar-refractivity contribution in [2.24, 2.45) is 0 Å². The predicted molar refractivity (Wildman–Crippen MR) is 80.9 cm³/mol. The third-order valence-corrected chi connectivity index (χ3v) is 3.29. The molecular formula is C17H18O4. The van der Waals surface area contributed by atoms with Gasteiger partial charge < -0.3 is 14.9 Å². The first-order valence-corrected chi connectivity index (χ1v) is 6.71. The molecule has 0 spiro atoms. The second-order valence-corrected chi connectivity index (χ2v) is 4.89. The number of carboxylic acids is 1. The zero-order chi connectivity index (χ0) is 15.4. The smallest absolute Gasteiger partial charge is 0.336 e. The number of aromatic carboxylic acids is 1. The highest BCUT2D eigenvalue weighted by molar-refractivity contribution is 5.92. The van der Waals surface area contributed by atoms with Gasteiger partial charge in [-0.2, -0.15) is 0 Å². The van der Waals surface area contributed by atoms with Crippen molar-refractivity contribution >= 4 is 5.97 Å². The molecule has 0 bridgehead atoms. The minimum atomic E-state index is -0.899. The number of ether oxygens (including phenoxy) is 1. The molecule has 0 fully saturated rings. The van der Waals surface area contributed by atoms with Crippen LogP contribution in [0.25, 0.3) is 11.1 Å². The van der Waals surface area contributed by atoms with Crippen molar-refractivity contribution in [3.05, 3.63) is 53.1 Å². The topological polar surface area (TPSA) is 66.8 Å². The Morgan fingerprint density at radius 1 is 1.05 bits per heavy atom. The van der Waals surface area contributed by atoms with Crippen LogP contribution in [0.4, 0.5) is 0 Å². The van der Waals surface area contributed by atoms with Crippen LogP contribution >= 0.6 is 0 Å². The summed E-state index contributed by atoms with van der Waals surface area (Å²) in [5, 5.41) is 17.9. The molecule has 0 aromatic heterocycles. The fourth-order valence-electron chi connectivity index (χ4n) is 2.37. The molecule has 110 valence electrons. The molecule has 2 rings (SSSR count). The predicted octanol–water partition coefficient (Wildman–Crippen LogP) is 3.04. The van der Waals surface area contributed by atoms with E-state index in [-0.39, 0.29) is 13.2 Å². The minimum Gasteiger partial charge on any atom is -0.491 e. The Hall–Kier alpha value is -2.33. The van der Waals surface area contributed by atoms with Gasteiger partial charge in [0.05, 0.1) is 12.2 Å². The van der Waals surface area contributed by atoms with Crippen molar-refractivity contribution in [3.63, 3.8) is 0 Å². The Labute approximate surface area is 123 Å². The fourth-order valence-corrected chi connectivity index (χ4v) is 2.37. The van der Waals surface area contributed by atoms with Gasteiger partial charge in [-0.1, -0.05) is 24.3 Å². The summed E-state index contributed by atoms with van der Waals surface area (Å²) in [6.07, 6.45) is 0. The maximum Gasteiger partial charge on any atom is 0.336 e. The standard InChI is InChI=1S/C17H18O4/c1-11-9-14(10-12(2)16(11)17(19)20)13-3-5-15(6-4-13)21-8-7-18/h3-6,9-10,18H,7-8H2,1-2H3,(H,19,20). The Bertz CT molecular complexity index is 621. The second-order valence-electron chi connectivity index (χ2n) is 4.89. The number of benzene rings is 2. The van der Waals surface area contributed by atoms with Crippen LogP contribution in [0.2, 0.25) is 0 Å². The highest BCUT2D eigenvalue weighted by Gasteiger charge is 2.12. The van der Waals surface area contributed by atoms with Gasteiger partial charge in [-0.05, 0) is 48.2 Å². The van der Waals surface area contributed by atoms with Gasteiger partial charge in [-0.25, -0.2) is 4.79 Å². The fraction of sp³-hybridized carbons (Fsp3) is 0.235. The van der Waals surface area contributed by atoms with Crippen LogP contribution in [0.1, 0.15) is 21.5 Å². The lowest BCUT2D eigenvalue weighted by molar-refractivity contribution is 0.0695. The molecule has 2 aromatic carbocycles. The Morgan fingerprint density at radius 3 is 2.10 bits per heavy atom. The zero-order valence-electron chi connectivity index (χ0n) is 12.1. The van der Waals surface area contributed by atoms with E-state index in [1.54, 1.807) is 13.8 Å². The Kier molecular flexibility index (Phi) is 4.60. The van der Waals surface area contributed by atoms with Crippen LogP contribution in [0.3, 0.4) is 0 Å². The third kappa shape index (κ3) is 3.41. The number of carboxylic acid groups (broad SMARTS) is 1. The van der Waals surface area contributed by atoms with Gasteiger partial charge in [0.15, 0.2) is 0 Å². The van der Waals surface area contributed by atoms with Crippen molar-refractivity contribution in [3.8, 4) is 16.9 Å². The Morgan fingerprint density at radius 2 is 1.62 bits per heavy atom. The lowest BCUT2D eigenvalue weighted by Gasteiger charge is -2.10. The maximum absolute atomic E-state index is 11.2. The molecule has 0 aliphatic rings. The molecular weight excluding hydrogens is 268 g/mol. The summed E-state index contributed by atoms with van der Waals surface area (Å²) in [6.45, 7) is 3.86. The number of aryl methyl sites for hydroxylation is 2. The Balaban J connectivity index is 2.32. The van der Waals surface area contributed by atoms with Crippen LogP contribution < -0.4 is 4.74 Å². The first-order valence-electron chi connectivity index (χ1n) is 6.71. The summed E-state index contributed by atoms with van der Waals surface area (Å²) in [4.78, 5) is 11.2. The number of rotatable bonds is 5. The number of carbonyl (C=O) groups is 1. The zero-order valence-corrected chi connectivity index (χ0v) is 12.1. The molecule has 0 saturated heterocycles. The van der Waals surface area contributed by atoms with Gasteiger partial charge in [0.25, 0.3) is 0 Å². The summed E-state index contributed by atoms with van der Waals surface area (Å²) < 4.78 is 5.32. The molecule has 2 N–H and O–H groups in total. The molecule has 0 unspecified atom stereocenters. The summed E-state index contributed by atoms with van der Waals surface area (Å²) in [5.41, 5.74) is 3.83. The van der Waals surface area contributed by atoms with Crippen molar-refractivity contribution in [2.75, 3.05) is 13.2 Å². The van der Waals surface area contributed by atoms with Crippen LogP contribution in [-0.2, 0) is 0 Å². The van der Waals surface area contributed by atoms with E-state index in [4.69, 9.17) is 9.84 Å². The quantitative estimate of drug-likeness (QED) is 0.886. The summed E-state index contributed by atoms with van der Waals surface area (Å²) >= 11 is 0. The lowest BCUT2D eigenvalue weighted by atomic mass is 9.95. The average Bonchev–Trinajstić information content (AvgIpc) is 2.44. The average molecular weight is 286 g/mol. The maximum atomic E-state index is 11.2. The van der Waals surface area contributed by atoms with Crippen LogP contribution in [0.5, 0.6) is 5.75 Å². The molecule has 4 nitrogen and oxygen atoms in total. The van der Waals surface area contributed by atoms with Crippen LogP contribution in [0.15, 0.2) is 36.4 Å². The summed E-state index contributed by atoms with van der Waals surface area (Å²) in [5.74, 6) is -0.201. The molecule has 0 saturated carbocycles. The number of hydrogen-bond donors (Lipinski definition) is 2. The van der Waals surface area contributed by atoms with Crippen molar-refractivity contribution in [1.82, 2.24) is 0 Å². The minimum absolute atomic E-state index is 0.0171. The van der Waals surface area contributed by atoms with E-state index in [1.165, 1.54) is 0 Å². The highest BCUT2D eigenvalue weighted by atomic mass is 16.5. The van der Waals surface area contributed by atoms with E-state index in [0.717, 1.165) is 22.3 Å². The molecule has 0 radical (unpaired) electrons. The normalized spacial score (nSPS) is 10.4. The molecule has 0 aliphatic heterocycles. The van der Waals surface area contributed by atoms with Crippen LogP contribution in [0, 0.1) is 13.8 Å². The number of hydrogen-bond acceptors (Lipinski definition) is 3. The number of aliphatic hydroxyl groups is 1. The SMILES string of the molecule is Cc1cc(-c2ccc(OCCO)cc2)cc(C)c1C(=O)O. The molecule has 0 atom stereocenters. The first kappa shape index (κ1) is 15.1. The summed E-state index contributed by atoms with van der Waals surface area (Å²) in [7, 11) is 0. The number of aliphatic hydroxyl groups excluding tert-OH is 1. The van der Waals surface area contributed by atoms with Gasteiger partial charge in [-0.15, -0.1) is 0 Å². The van der Waals surface area contributed by atoms with Gasteiger partial charge >= 0.3 is 5.97 Å². The largest absolute Gasteiger partial charge is 0.491 e. The van der Waals surface area contributed by atoms with E-state index < -0.39 is 5.97 Å². The van der Waals surface area contributed by atoms with Crippen molar-refractivity contribution in [1.29, 1.82) is 0 Å². The second kappa shape index (κ2) is 6.41. The summed E-state index contributed by atoms with van der Waals surface area (Å²) in [6, 6.07) is 11.3. The van der Waals surface area contributed by atoms with Crippen molar-refractivity contribution in [2.45, 2.75) is 13.8 Å². The molecule has 0 amide bonds. The van der Waals surface area contributed by atoms with Gasteiger partial charge in [0.1, 0.15) is 12.4 Å². The van der Waals surface area contributed by atoms with E-state index in [9.17, 15) is 9.90 Å². The molecule has 4 heteroatoms. The third-order valence-electron chi connectivity index (χ3n) is 3.29. The van der Waals surface area contributed by atoms with E-state index in [1.807, 2.05) is 36.4 Å². The molecule has 21 heavy (non-hydrogen) atoms. The van der Waals surface area contributed by atoms with Gasteiger partial charge in [0.2, 0.25) is 0 Å². The molecule has 0 heterocycles. The van der Waals surface area contributed by atoms with E-state index in [2.05, 4.69) is 0 Å². The van der Waals surface area contributed by atoms with Crippen LogP contribution in [-0.4, -0.2) is 29.4 Å². The lowest BCUT2D eigenvalue weighted by Crippen LogP contribution is -2.03. The van der Waals surface area contributed by atoms with Crippen molar-refractivity contribution < 1.29 is 19.7 Å². The van der Waals surface area contributed by atoms with Gasteiger partial charge in [-0.3, -0.25) is 0 Å². The first-order chi connectivity index (χ1) is 10.0. The molecule has 2 aromatic rings. The van der Waals surface area contributed by atoms with Gasteiger partial charge in [0, 0.05) is 0 Å². The highest BCUT2D eigenvalue weighted by Crippen LogP contribution is 2.27. The molecule has 0 aliphatic carbocycles. The van der Waals surface area contributed by atoms with E-state index >= 15 is 0 Å². The monoisotopic (exact) mass is 286 g/mol.